The summed E-state index contributed by atoms with van der Waals surface area (Å²) >= 11 is 0. The summed E-state index contributed by atoms with van der Waals surface area (Å²) in [6.45, 7) is 4.48. The summed E-state index contributed by atoms with van der Waals surface area (Å²) in [7, 11) is -2.09. The monoisotopic (exact) mass is 274 g/mol. The van der Waals surface area contributed by atoms with Gasteiger partial charge in [-0.15, -0.1) is 0 Å². The molecule has 102 valence electrons. The van der Waals surface area contributed by atoms with Crippen molar-refractivity contribution in [2.45, 2.75) is 18.7 Å². The number of sulfonamides is 1. The Labute approximate surface area is 108 Å². The number of halogens is 1. The van der Waals surface area contributed by atoms with Crippen molar-refractivity contribution in [2.24, 2.45) is 11.1 Å². The van der Waals surface area contributed by atoms with Crippen molar-refractivity contribution >= 4 is 10.0 Å². The summed E-state index contributed by atoms with van der Waals surface area (Å²) in [4.78, 5) is 0.0826. The molecule has 0 bridgehead atoms. The molecule has 0 aliphatic carbocycles. The topological polar surface area (TPSA) is 63.4 Å². The normalized spacial score (nSPS) is 13.0. The number of benzene rings is 1. The van der Waals surface area contributed by atoms with Crippen LogP contribution in [-0.4, -0.2) is 32.9 Å². The average molecular weight is 274 g/mol. The van der Waals surface area contributed by atoms with Gasteiger partial charge < -0.3 is 5.73 Å². The van der Waals surface area contributed by atoms with Crippen LogP contribution in [-0.2, 0) is 10.0 Å². The Morgan fingerprint density at radius 1 is 1.28 bits per heavy atom. The zero-order valence-corrected chi connectivity index (χ0v) is 11.7. The fourth-order valence-electron chi connectivity index (χ4n) is 1.54. The van der Waals surface area contributed by atoms with Gasteiger partial charge >= 0.3 is 0 Å². The molecule has 0 amide bonds. The Balaban J connectivity index is 2.97. The maximum absolute atomic E-state index is 12.8. The van der Waals surface area contributed by atoms with Crippen LogP contribution < -0.4 is 5.73 Å². The smallest absolute Gasteiger partial charge is 0.242 e. The molecule has 2 N–H and O–H groups in total. The second-order valence-corrected chi connectivity index (χ2v) is 7.13. The van der Waals surface area contributed by atoms with Crippen LogP contribution >= 0.6 is 0 Å². The zero-order valence-electron chi connectivity index (χ0n) is 10.9. The van der Waals surface area contributed by atoms with E-state index in [0.717, 1.165) is 12.1 Å². The minimum absolute atomic E-state index is 0.0826. The van der Waals surface area contributed by atoms with E-state index in [1.165, 1.54) is 23.5 Å². The lowest BCUT2D eigenvalue weighted by atomic mass is 9.94. The lowest BCUT2D eigenvalue weighted by molar-refractivity contribution is 0.292. The standard InChI is InChI=1S/C12H19FN2O2S/c1-12(2,8-14)9-15(3)18(16,17)11-6-4-10(13)5-7-11/h4-7H,8-9,14H2,1-3H3. The van der Waals surface area contributed by atoms with Crippen LogP contribution in [0, 0.1) is 11.2 Å². The first-order chi connectivity index (χ1) is 8.19. The van der Waals surface area contributed by atoms with Crippen molar-refractivity contribution in [1.29, 1.82) is 0 Å². The van der Waals surface area contributed by atoms with E-state index in [-0.39, 0.29) is 10.3 Å². The van der Waals surface area contributed by atoms with E-state index >= 15 is 0 Å². The third-order valence-electron chi connectivity index (χ3n) is 2.73. The Bertz CT molecular complexity index is 497. The number of nitrogens with two attached hydrogens (primary N) is 1. The molecule has 1 aromatic rings. The molecule has 4 nitrogen and oxygen atoms in total. The first-order valence-electron chi connectivity index (χ1n) is 5.61. The van der Waals surface area contributed by atoms with Crippen molar-refractivity contribution in [1.82, 2.24) is 4.31 Å². The SMILES string of the molecule is CN(CC(C)(C)CN)S(=O)(=O)c1ccc(F)cc1. The molecule has 0 saturated carbocycles. The molecule has 0 heterocycles. The van der Waals surface area contributed by atoms with Crippen LogP contribution in [0.3, 0.4) is 0 Å². The van der Waals surface area contributed by atoms with Gasteiger partial charge in [0.05, 0.1) is 4.90 Å². The first kappa shape index (κ1) is 15.1. The summed E-state index contributed by atoms with van der Waals surface area (Å²) in [5.41, 5.74) is 5.28. The molecule has 0 fully saturated rings. The number of hydrogen-bond donors (Lipinski definition) is 1. The third kappa shape index (κ3) is 3.51. The maximum atomic E-state index is 12.8. The van der Waals surface area contributed by atoms with Gasteiger partial charge in [0.1, 0.15) is 5.82 Å². The van der Waals surface area contributed by atoms with E-state index in [4.69, 9.17) is 5.73 Å². The van der Waals surface area contributed by atoms with E-state index < -0.39 is 15.8 Å². The quantitative estimate of drug-likeness (QED) is 0.883. The summed E-state index contributed by atoms with van der Waals surface area (Å²) in [5, 5.41) is 0. The van der Waals surface area contributed by atoms with Crippen LogP contribution in [0.2, 0.25) is 0 Å². The molecule has 0 aliphatic heterocycles. The first-order valence-corrected chi connectivity index (χ1v) is 7.05. The van der Waals surface area contributed by atoms with E-state index in [1.54, 1.807) is 0 Å². The van der Waals surface area contributed by atoms with Crippen LogP contribution in [0.1, 0.15) is 13.8 Å². The van der Waals surface area contributed by atoms with Crippen molar-refractivity contribution in [3.63, 3.8) is 0 Å². The fourth-order valence-corrected chi connectivity index (χ4v) is 2.90. The summed E-state index contributed by atoms with van der Waals surface area (Å²) in [5.74, 6) is -0.459. The highest BCUT2D eigenvalue weighted by atomic mass is 32.2. The summed E-state index contributed by atoms with van der Waals surface area (Å²) in [6, 6.07) is 4.79. The predicted molar refractivity (Wildman–Crippen MR) is 69.1 cm³/mol. The van der Waals surface area contributed by atoms with Crippen molar-refractivity contribution < 1.29 is 12.8 Å². The van der Waals surface area contributed by atoms with Crippen LogP contribution in [0.4, 0.5) is 4.39 Å². The minimum atomic E-state index is -3.59. The predicted octanol–water partition coefficient (Wildman–Crippen LogP) is 1.43. The molecule has 18 heavy (non-hydrogen) atoms. The van der Waals surface area contributed by atoms with Gasteiger partial charge in [-0.25, -0.2) is 17.1 Å². The van der Waals surface area contributed by atoms with Gasteiger partial charge in [0.2, 0.25) is 10.0 Å². The number of nitrogens with zero attached hydrogens (tertiary/aromatic N) is 1. The highest BCUT2D eigenvalue weighted by molar-refractivity contribution is 7.89. The second-order valence-electron chi connectivity index (χ2n) is 5.08. The number of rotatable bonds is 5. The van der Waals surface area contributed by atoms with Crippen LogP contribution in [0.25, 0.3) is 0 Å². The third-order valence-corrected chi connectivity index (χ3v) is 4.54. The molecule has 0 atom stereocenters. The molecule has 6 heteroatoms. The Morgan fingerprint density at radius 3 is 2.22 bits per heavy atom. The van der Waals surface area contributed by atoms with E-state index in [9.17, 15) is 12.8 Å². The van der Waals surface area contributed by atoms with Crippen LogP contribution in [0.5, 0.6) is 0 Å². The summed E-state index contributed by atoms with van der Waals surface area (Å²) in [6.07, 6.45) is 0. The maximum Gasteiger partial charge on any atom is 0.242 e. The second kappa shape index (κ2) is 5.34. The average Bonchev–Trinajstić information content (AvgIpc) is 2.29. The Kier molecular flexibility index (Phi) is 4.47. The Morgan fingerprint density at radius 2 is 1.78 bits per heavy atom. The summed E-state index contributed by atoms with van der Waals surface area (Å²) < 4.78 is 38.4. The molecule has 0 spiro atoms. The molecular formula is C12H19FN2O2S. The van der Waals surface area contributed by atoms with Crippen molar-refractivity contribution in [3.05, 3.63) is 30.1 Å². The van der Waals surface area contributed by atoms with Gasteiger partial charge in [-0.3, -0.25) is 0 Å². The largest absolute Gasteiger partial charge is 0.330 e. The van der Waals surface area contributed by atoms with E-state index in [0.29, 0.717) is 13.1 Å². The molecule has 0 aromatic heterocycles. The lowest BCUT2D eigenvalue weighted by Crippen LogP contribution is -2.39. The van der Waals surface area contributed by atoms with Gasteiger partial charge in [-0.1, -0.05) is 13.8 Å². The zero-order chi connectivity index (χ0) is 14.0. The van der Waals surface area contributed by atoms with Crippen molar-refractivity contribution in [3.8, 4) is 0 Å². The van der Waals surface area contributed by atoms with Gasteiger partial charge in [0, 0.05) is 13.6 Å². The minimum Gasteiger partial charge on any atom is -0.330 e. The highest BCUT2D eigenvalue weighted by Crippen LogP contribution is 2.20. The Hall–Kier alpha value is -0.980. The van der Waals surface area contributed by atoms with Crippen molar-refractivity contribution in [2.75, 3.05) is 20.1 Å². The molecule has 0 unspecified atom stereocenters. The molecule has 0 saturated heterocycles. The highest BCUT2D eigenvalue weighted by Gasteiger charge is 2.27. The van der Waals surface area contributed by atoms with E-state index in [2.05, 4.69) is 0 Å². The molecule has 0 aliphatic rings. The van der Waals surface area contributed by atoms with Crippen LogP contribution in [0.15, 0.2) is 29.2 Å². The molecule has 1 rings (SSSR count). The van der Waals surface area contributed by atoms with Gasteiger partial charge in [0.25, 0.3) is 0 Å². The fraction of sp³-hybridized carbons (Fsp3) is 0.500. The number of hydrogen-bond acceptors (Lipinski definition) is 3. The molecular weight excluding hydrogens is 255 g/mol. The molecule has 1 aromatic carbocycles. The van der Waals surface area contributed by atoms with Gasteiger partial charge in [-0.05, 0) is 36.2 Å². The van der Waals surface area contributed by atoms with E-state index in [1.807, 2.05) is 13.8 Å². The lowest BCUT2D eigenvalue weighted by Gasteiger charge is -2.28. The van der Waals surface area contributed by atoms with Gasteiger partial charge in [0.15, 0.2) is 0 Å². The van der Waals surface area contributed by atoms with Gasteiger partial charge in [-0.2, -0.15) is 0 Å². The molecule has 0 radical (unpaired) electrons.